The minimum absolute atomic E-state index is 0.284. The van der Waals surface area contributed by atoms with Crippen molar-refractivity contribution < 1.29 is 4.79 Å². The summed E-state index contributed by atoms with van der Waals surface area (Å²) < 4.78 is 0. The van der Waals surface area contributed by atoms with Crippen LogP contribution in [0.25, 0.3) is 0 Å². The second kappa shape index (κ2) is 4.70. The molecule has 0 saturated carbocycles. The van der Waals surface area contributed by atoms with E-state index < -0.39 is 11.9 Å². The van der Waals surface area contributed by atoms with Gasteiger partial charge in [-0.3, -0.25) is 4.79 Å². The number of thiocarbonyl (C=S) groups is 1. The van der Waals surface area contributed by atoms with E-state index in [1.165, 1.54) is 0 Å². The third kappa shape index (κ3) is 3.17. The monoisotopic (exact) mass is 224 g/mol. The lowest BCUT2D eigenvalue weighted by Gasteiger charge is -2.11. The maximum absolute atomic E-state index is 10.8. The van der Waals surface area contributed by atoms with Crippen LogP contribution in [0.5, 0.6) is 0 Å². The minimum atomic E-state index is -0.487. The van der Waals surface area contributed by atoms with Crippen molar-refractivity contribution >= 4 is 28.9 Å². The maximum atomic E-state index is 10.8. The van der Waals surface area contributed by atoms with E-state index in [9.17, 15) is 4.79 Å². The van der Waals surface area contributed by atoms with Gasteiger partial charge in [0.25, 0.3) is 0 Å². The molecular weight excluding hydrogens is 212 g/mol. The van der Waals surface area contributed by atoms with E-state index >= 15 is 0 Å². The van der Waals surface area contributed by atoms with Gasteiger partial charge >= 0.3 is 0 Å². The van der Waals surface area contributed by atoms with Gasteiger partial charge in [0.05, 0.1) is 0 Å². The molecule has 1 amide bonds. The van der Waals surface area contributed by atoms with E-state index in [1.54, 1.807) is 25.3 Å². The molecule has 1 atom stereocenters. The number of nitrogens with one attached hydrogen (secondary N) is 1. The zero-order valence-electron chi connectivity index (χ0n) is 8.23. The fourth-order valence-corrected chi connectivity index (χ4v) is 1.08. The van der Waals surface area contributed by atoms with Gasteiger partial charge < -0.3 is 16.8 Å². The molecule has 0 radical (unpaired) electrons. The zero-order valence-corrected chi connectivity index (χ0v) is 9.04. The van der Waals surface area contributed by atoms with Crippen LogP contribution in [-0.2, 0) is 4.79 Å². The Morgan fingerprint density at radius 1 is 1.60 bits per heavy atom. The Morgan fingerprint density at radius 2 is 2.27 bits per heavy atom. The fraction of sp³-hybridized carbons (Fsp3) is 0.222. The molecule has 0 aromatic carbocycles. The normalized spacial score (nSPS) is 11.8. The second-order valence-corrected chi connectivity index (χ2v) is 3.50. The number of rotatable bonds is 4. The van der Waals surface area contributed by atoms with E-state index in [2.05, 4.69) is 10.3 Å². The SMILES string of the molecule is CC(Nc1cc(C(N)=S)ccn1)C(N)=O. The standard InChI is InChI=1S/C9H12N4OS/c1-5(8(10)14)13-7-4-6(9(11)15)2-3-12-7/h2-5H,1H3,(H2,10,14)(H2,11,15)(H,12,13). The van der Waals surface area contributed by atoms with Crippen molar-refractivity contribution in [2.75, 3.05) is 5.32 Å². The largest absolute Gasteiger partial charge is 0.389 e. The van der Waals surface area contributed by atoms with Crippen LogP contribution in [0.2, 0.25) is 0 Å². The maximum Gasteiger partial charge on any atom is 0.239 e. The number of carbonyl (C=O) groups excluding carboxylic acids is 1. The van der Waals surface area contributed by atoms with Crippen LogP contribution in [0.3, 0.4) is 0 Å². The summed E-state index contributed by atoms with van der Waals surface area (Å²) in [6.45, 7) is 1.65. The number of anilines is 1. The summed E-state index contributed by atoms with van der Waals surface area (Å²) in [5.41, 5.74) is 11.3. The van der Waals surface area contributed by atoms with Crippen LogP contribution in [0.15, 0.2) is 18.3 Å². The molecule has 0 bridgehead atoms. The molecule has 15 heavy (non-hydrogen) atoms. The third-order valence-corrected chi connectivity index (χ3v) is 2.07. The molecule has 0 saturated heterocycles. The van der Waals surface area contributed by atoms with Gasteiger partial charge in [-0.05, 0) is 19.1 Å². The van der Waals surface area contributed by atoms with Crippen LogP contribution in [-0.4, -0.2) is 21.9 Å². The van der Waals surface area contributed by atoms with E-state index in [4.69, 9.17) is 23.7 Å². The highest BCUT2D eigenvalue weighted by atomic mass is 32.1. The number of pyridine rings is 1. The molecule has 0 aliphatic rings. The Kier molecular flexibility index (Phi) is 3.56. The third-order valence-electron chi connectivity index (χ3n) is 1.84. The minimum Gasteiger partial charge on any atom is -0.389 e. The summed E-state index contributed by atoms with van der Waals surface area (Å²) in [7, 11) is 0. The van der Waals surface area contributed by atoms with Crippen LogP contribution in [0.4, 0.5) is 5.82 Å². The highest BCUT2D eigenvalue weighted by Crippen LogP contribution is 2.07. The Morgan fingerprint density at radius 3 is 2.80 bits per heavy atom. The van der Waals surface area contributed by atoms with Crippen LogP contribution >= 0.6 is 12.2 Å². The number of amides is 1. The first-order valence-electron chi connectivity index (χ1n) is 4.32. The summed E-state index contributed by atoms with van der Waals surface area (Å²) in [5.74, 6) is 0.0733. The quantitative estimate of drug-likeness (QED) is 0.626. The molecule has 80 valence electrons. The number of nitrogens with two attached hydrogens (primary N) is 2. The second-order valence-electron chi connectivity index (χ2n) is 3.06. The Balaban J connectivity index is 2.82. The van der Waals surface area contributed by atoms with Gasteiger partial charge in [-0.1, -0.05) is 12.2 Å². The van der Waals surface area contributed by atoms with Gasteiger partial charge in [0.15, 0.2) is 0 Å². The summed E-state index contributed by atoms with van der Waals surface area (Å²) in [4.78, 5) is 15.1. The van der Waals surface area contributed by atoms with Gasteiger partial charge in [0.1, 0.15) is 16.8 Å². The van der Waals surface area contributed by atoms with Gasteiger partial charge in [-0.2, -0.15) is 0 Å². The van der Waals surface area contributed by atoms with E-state index in [1.807, 2.05) is 0 Å². The fourth-order valence-electron chi connectivity index (χ4n) is 0.956. The molecule has 1 aromatic heterocycles. The molecule has 0 aliphatic carbocycles. The summed E-state index contributed by atoms with van der Waals surface area (Å²) in [6.07, 6.45) is 1.56. The molecule has 1 unspecified atom stereocenters. The summed E-state index contributed by atoms with van der Waals surface area (Å²) in [5, 5.41) is 2.84. The number of hydrogen-bond donors (Lipinski definition) is 3. The van der Waals surface area contributed by atoms with Crippen molar-refractivity contribution in [2.24, 2.45) is 11.5 Å². The molecule has 0 spiro atoms. The van der Waals surface area contributed by atoms with E-state index in [0.717, 1.165) is 0 Å². The predicted molar refractivity (Wildman–Crippen MR) is 62.4 cm³/mol. The first-order valence-corrected chi connectivity index (χ1v) is 4.73. The van der Waals surface area contributed by atoms with Gasteiger partial charge in [0, 0.05) is 11.8 Å². The predicted octanol–water partition coefficient (Wildman–Crippen LogP) is 0.00150. The molecule has 0 aliphatic heterocycles. The smallest absolute Gasteiger partial charge is 0.239 e. The van der Waals surface area contributed by atoms with Gasteiger partial charge in [-0.25, -0.2) is 4.98 Å². The number of carbonyl (C=O) groups is 1. The number of aromatic nitrogens is 1. The van der Waals surface area contributed by atoms with Crippen LogP contribution < -0.4 is 16.8 Å². The van der Waals surface area contributed by atoms with Crippen molar-refractivity contribution in [3.8, 4) is 0 Å². The average molecular weight is 224 g/mol. The number of hydrogen-bond acceptors (Lipinski definition) is 4. The van der Waals surface area contributed by atoms with Gasteiger partial charge in [-0.15, -0.1) is 0 Å². The number of primary amides is 1. The summed E-state index contributed by atoms with van der Waals surface area (Å²) in [6, 6.07) is 2.88. The molecule has 1 aromatic rings. The van der Waals surface area contributed by atoms with E-state index in [0.29, 0.717) is 11.4 Å². The molecule has 5 nitrogen and oxygen atoms in total. The lowest BCUT2D eigenvalue weighted by atomic mass is 10.2. The summed E-state index contributed by atoms with van der Waals surface area (Å²) >= 11 is 4.82. The Labute approximate surface area is 92.9 Å². The average Bonchev–Trinajstić information content (AvgIpc) is 2.18. The van der Waals surface area contributed by atoms with Crippen molar-refractivity contribution in [3.05, 3.63) is 23.9 Å². The topological polar surface area (TPSA) is 94.0 Å². The Hall–Kier alpha value is -1.69. The zero-order chi connectivity index (χ0) is 11.4. The van der Waals surface area contributed by atoms with Crippen molar-refractivity contribution in [2.45, 2.75) is 13.0 Å². The molecule has 0 fully saturated rings. The Bertz CT molecular complexity index is 393. The molecule has 1 heterocycles. The van der Waals surface area contributed by atoms with Crippen molar-refractivity contribution in [1.29, 1.82) is 0 Å². The van der Waals surface area contributed by atoms with Crippen molar-refractivity contribution in [3.63, 3.8) is 0 Å². The van der Waals surface area contributed by atoms with Crippen LogP contribution in [0.1, 0.15) is 12.5 Å². The molecular formula is C9H12N4OS. The lowest BCUT2D eigenvalue weighted by Crippen LogP contribution is -2.32. The lowest BCUT2D eigenvalue weighted by molar-refractivity contribution is -0.118. The number of nitrogens with zero attached hydrogens (tertiary/aromatic N) is 1. The van der Waals surface area contributed by atoms with Crippen LogP contribution in [0, 0.1) is 0 Å². The first-order chi connectivity index (χ1) is 7.00. The highest BCUT2D eigenvalue weighted by molar-refractivity contribution is 7.80. The highest BCUT2D eigenvalue weighted by Gasteiger charge is 2.08. The van der Waals surface area contributed by atoms with Gasteiger partial charge in [0.2, 0.25) is 5.91 Å². The van der Waals surface area contributed by atoms with E-state index in [-0.39, 0.29) is 4.99 Å². The van der Waals surface area contributed by atoms with Crippen molar-refractivity contribution in [1.82, 2.24) is 4.98 Å². The molecule has 6 heteroatoms. The first kappa shape index (κ1) is 11.4. The molecule has 1 rings (SSSR count). The molecule has 5 N–H and O–H groups in total.